The summed E-state index contributed by atoms with van der Waals surface area (Å²) in [5.74, 6) is 0.298. The number of rotatable bonds is 2. The Morgan fingerprint density at radius 3 is 2.62 bits per heavy atom. The molecule has 0 bridgehead atoms. The second-order valence-corrected chi connectivity index (χ2v) is 3.73. The maximum absolute atomic E-state index is 11.4. The lowest BCUT2D eigenvalue weighted by Crippen LogP contribution is -2.19. The van der Waals surface area contributed by atoms with E-state index >= 15 is 0 Å². The molecular weight excluding hydrogens is 204 g/mol. The minimum Gasteiger partial charge on any atom is -0.497 e. The van der Waals surface area contributed by atoms with E-state index in [1.54, 1.807) is 7.11 Å². The predicted molar refractivity (Wildman–Crippen MR) is 59.3 cm³/mol. The second kappa shape index (κ2) is 4.23. The molecule has 1 heterocycles. The minimum atomic E-state index is -0.484. The van der Waals surface area contributed by atoms with Crippen LogP contribution >= 0.6 is 0 Å². The summed E-state index contributed by atoms with van der Waals surface area (Å²) in [6, 6.07) is 9.50. The number of ketones is 1. The van der Waals surface area contributed by atoms with Crippen molar-refractivity contribution in [2.45, 2.75) is 0 Å². The lowest BCUT2D eigenvalue weighted by atomic mass is 10.1. The van der Waals surface area contributed by atoms with Gasteiger partial charge in [0, 0.05) is 12.2 Å². The molecule has 1 saturated heterocycles. The van der Waals surface area contributed by atoms with E-state index in [1.165, 1.54) is 0 Å². The van der Waals surface area contributed by atoms with E-state index in [0.717, 1.165) is 11.4 Å². The fourth-order valence-electron chi connectivity index (χ4n) is 1.79. The topological polar surface area (TPSA) is 53.3 Å². The van der Waals surface area contributed by atoms with Crippen LogP contribution in [0.15, 0.2) is 24.3 Å². The van der Waals surface area contributed by atoms with Gasteiger partial charge in [0.2, 0.25) is 0 Å². The molecular formula is C12H12N2O2. The Morgan fingerprint density at radius 2 is 2.12 bits per heavy atom. The Bertz CT molecular complexity index is 433. The molecule has 1 aliphatic heterocycles. The van der Waals surface area contributed by atoms with Crippen molar-refractivity contribution in [3.05, 3.63) is 24.3 Å². The third kappa shape index (κ3) is 1.84. The molecule has 0 radical (unpaired) electrons. The number of nitriles is 1. The van der Waals surface area contributed by atoms with E-state index in [2.05, 4.69) is 0 Å². The van der Waals surface area contributed by atoms with Gasteiger partial charge in [-0.25, -0.2) is 0 Å². The van der Waals surface area contributed by atoms with E-state index in [-0.39, 0.29) is 5.78 Å². The van der Waals surface area contributed by atoms with Crippen molar-refractivity contribution in [3.8, 4) is 11.8 Å². The summed E-state index contributed by atoms with van der Waals surface area (Å²) in [5.41, 5.74) is 0.951. The third-order valence-electron chi connectivity index (χ3n) is 2.73. The number of hydrogen-bond donors (Lipinski definition) is 0. The van der Waals surface area contributed by atoms with Crippen LogP contribution in [0.5, 0.6) is 5.75 Å². The molecule has 1 aliphatic rings. The van der Waals surface area contributed by atoms with Crippen LogP contribution in [0.4, 0.5) is 5.69 Å². The molecule has 1 atom stereocenters. The highest BCUT2D eigenvalue weighted by molar-refractivity contribution is 5.91. The zero-order chi connectivity index (χ0) is 11.5. The van der Waals surface area contributed by atoms with Crippen molar-refractivity contribution >= 4 is 11.5 Å². The normalized spacial score (nSPS) is 19.6. The summed E-state index contributed by atoms with van der Waals surface area (Å²) in [6.45, 7) is 0.812. The van der Waals surface area contributed by atoms with Crippen LogP contribution in [0, 0.1) is 17.2 Å². The van der Waals surface area contributed by atoms with E-state index in [4.69, 9.17) is 10.00 Å². The number of methoxy groups -OCH3 is 1. The van der Waals surface area contributed by atoms with Gasteiger partial charge in [0.15, 0.2) is 5.78 Å². The summed E-state index contributed by atoms with van der Waals surface area (Å²) in [4.78, 5) is 13.3. The molecule has 0 amide bonds. The van der Waals surface area contributed by atoms with Crippen LogP contribution in [0.3, 0.4) is 0 Å². The molecule has 1 aromatic rings. The average molecular weight is 216 g/mol. The standard InChI is InChI=1S/C12H12N2O2/c1-16-11-4-2-10(3-5-11)14-7-9(6-13)12(15)8-14/h2-5,9H,7-8H2,1H3/t9-/m0/s1. The fourth-order valence-corrected chi connectivity index (χ4v) is 1.79. The summed E-state index contributed by atoms with van der Waals surface area (Å²) in [6.07, 6.45) is 0. The summed E-state index contributed by atoms with van der Waals surface area (Å²) in [7, 11) is 1.61. The first-order valence-electron chi connectivity index (χ1n) is 5.06. The number of Topliss-reactive ketones (excluding diaryl/α,β-unsaturated/α-hetero) is 1. The van der Waals surface area contributed by atoms with Gasteiger partial charge in [0.25, 0.3) is 0 Å². The number of hydrogen-bond acceptors (Lipinski definition) is 4. The number of carbonyl (C=O) groups is 1. The highest BCUT2D eigenvalue weighted by atomic mass is 16.5. The average Bonchev–Trinajstić information content (AvgIpc) is 2.71. The third-order valence-corrected chi connectivity index (χ3v) is 2.73. The minimum absolute atomic E-state index is 0.00156. The van der Waals surface area contributed by atoms with E-state index in [9.17, 15) is 4.79 Å². The molecule has 0 aromatic heterocycles. The first-order chi connectivity index (χ1) is 7.74. The molecule has 4 nitrogen and oxygen atoms in total. The Balaban J connectivity index is 2.14. The predicted octanol–water partition coefficient (Wildman–Crippen LogP) is 1.22. The van der Waals surface area contributed by atoms with Crippen LogP contribution in [0.2, 0.25) is 0 Å². The van der Waals surface area contributed by atoms with Gasteiger partial charge in [-0.05, 0) is 24.3 Å². The molecule has 16 heavy (non-hydrogen) atoms. The molecule has 0 saturated carbocycles. The van der Waals surface area contributed by atoms with Crippen molar-refractivity contribution in [2.24, 2.45) is 5.92 Å². The van der Waals surface area contributed by atoms with Crippen molar-refractivity contribution in [1.29, 1.82) is 5.26 Å². The number of anilines is 1. The molecule has 82 valence electrons. The SMILES string of the molecule is COc1ccc(N2CC(=O)[C@@H](C#N)C2)cc1. The quantitative estimate of drug-likeness (QED) is 0.746. The Hall–Kier alpha value is -2.02. The lowest BCUT2D eigenvalue weighted by Gasteiger charge is -2.16. The highest BCUT2D eigenvalue weighted by Crippen LogP contribution is 2.23. The highest BCUT2D eigenvalue weighted by Gasteiger charge is 2.30. The zero-order valence-corrected chi connectivity index (χ0v) is 9.01. The van der Waals surface area contributed by atoms with Crippen LogP contribution < -0.4 is 9.64 Å². The van der Waals surface area contributed by atoms with E-state index < -0.39 is 5.92 Å². The maximum Gasteiger partial charge on any atom is 0.170 e. The van der Waals surface area contributed by atoms with Gasteiger partial charge < -0.3 is 9.64 Å². The van der Waals surface area contributed by atoms with Gasteiger partial charge in [-0.1, -0.05) is 0 Å². The van der Waals surface area contributed by atoms with Crippen LogP contribution in [0.1, 0.15) is 0 Å². The van der Waals surface area contributed by atoms with E-state index in [0.29, 0.717) is 13.1 Å². The van der Waals surface area contributed by atoms with E-state index in [1.807, 2.05) is 35.2 Å². The molecule has 1 aromatic carbocycles. The second-order valence-electron chi connectivity index (χ2n) is 3.73. The number of nitrogens with zero attached hydrogens (tertiary/aromatic N) is 2. The van der Waals surface area contributed by atoms with Crippen molar-refractivity contribution in [3.63, 3.8) is 0 Å². The Labute approximate surface area is 94.0 Å². The number of carbonyl (C=O) groups excluding carboxylic acids is 1. The fraction of sp³-hybridized carbons (Fsp3) is 0.333. The summed E-state index contributed by atoms with van der Waals surface area (Å²) >= 11 is 0. The molecule has 0 unspecified atom stereocenters. The first-order valence-corrected chi connectivity index (χ1v) is 5.06. The van der Waals surface area contributed by atoms with Gasteiger partial charge in [0.1, 0.15) is 11.7 Å². The van der Waals surface area contributed by atoms with Crippen molar-refractivity contribution < 1.29 is 9.53 Å². The maximum atomic E-state index is 11.4. The van der Waals surface area contributed by atoms with Crippen LogP contribution in [-0.4, -0.2) is 26.0 Å². The van der Waals surface area contributed by atoms with Crippen molar-refractivity contribution in [1.82, 2.24) is 0 Å². The monoisotopic (exact) mass is 216 g/mol. The van der Waals surface area contributed by atoms with Gasteiger partial charge in [0.05, 0.1) is 19.7 Å². The Morgan fingerprint density at radius 1 is 1.44 bits per heavy atom. The zero-order valence-electron chi connectivity index (χ0n) is 9.01. The number of ether oxygens (including phenoxy) is 1. The van der Waals surface area contributed by atoms with Crippen molar-refractivity contribution in [2.75, 3.05) is 25.1 Å². The molecule has 2 rings (SSSR count). The van der Waals surface area contributed by atoms with Crippen LogP contribution in [-0.2, 0) is 4.79 Å². The molecule has 1 fully saturated rings. The molecule has 0 aliphatic carbocycles. The molecule has 4 heteroatoms. The molecule has 0 N–H and O–H groups in total. The lowest BCUT2D eigenvalue weighted by molar-refractivity contribution is -0.118. The smallest absolute Gasteiger partial charge is 0.170 e. The van der Waals surface area contributed by atoms with Gasteiger partial charge in [-0.2, -0.15) is 5.26 Å². The molecule has 0 spiro atoms. The number of benzene rings is 1. The summed E-state index contributed by atoms with van der Waals surface area (Å²) < 4.78 is 5.06. The Kier molecular flexibility index (Phi) is 2.78. The van der Waals surface area contributed by atoms with Gasteiger partial charge in [-0.15, -0.1) is 0 Å². The summed E-state index contributed by atoms with van der Waals surface area (Å²) in [5, 5.41) is 8.77. The van der Waals surface area contributed by atoms with Crippen LogP contribution in [0.25, 0.3) is 0 Å². The van der Waals surface area contributed by atoms with Gasteiger partial charge >= 0.3 is 0 Å². The first kappa shape index (κ1) is 10.5. The van der Waals surface area contributed by atoms with Gasteiger partial charge in [-0.3, -0.25) is 4.79 Å². The largest absolute Gasteiger partial charge is 0.497 e.